The number of rotatable bonds is 6. The number of hydrogen-bond donors (Lipinski definition) is 0. The lowest BCUT2D eigenvalue weighted by Gasteiger charge is -2.24. The molecular weight excluding hydrogens is 233 g/mol. The first-order chi connectivity index (χ1) is 8.74. The summed E-state index contributed by atoms with van der Waals surface area (Å²) in [6, 6.07) is 8.37. The third kappa shape index (κ3) is 3.44. The maximum Gasteiger partial charge on any atom is 0.143 e. The van der Waals surface area contributed by atoms with Crippen LogP contribution in [0, 0.1) is 28.5 Å². The van der Waals surface area contributed by atoms with E-state index in [4.69, 9.17) is 15.3 Å². The summed E-state index contributed by atoms with van der Waals surface area (Å²) in [6.07, 6.45) is 0.311. The Kier molecular flexibility index (Phi) is 5.63. The smallest absolute Gasteiger partial charge is 0.143 e. The molecule has 0 atom stereocenters. The van der Waals surface area contributed by atoms with Crippen LogP contribution in [0.5, 0.6) is 0 Å². The molecule has 0 bridgehead atoms. The number of benzene rings is 1. The molecule has 5 heteroatoms. The molecule has 1 rings (SSSR count). The van der Waals surface area contributed by atoms with E-state index >= 15 is 0 Å². The molecule has 18 heavy (non-hydrogen) atoms. The molecule has 0 spiro atoms. The van der Waals surface area contributed by atoms with Crippen LogP contribution in [0.2, 0.25) is 0 Å². The van der Waals surface area contributed by atoms with E-state index in [1.165, 1.54) is 6.07 Å². The molecule has 0 saturated carbocycles. The van der Waals surface area contributed by atoms with Gasteiger partial charge in [0, 0.05) is 20.2 Å². The molecule has 0 aromatic heterocycles. The Morgan fingerprint density at radius 2 is 2.11 bits per heavy atom. The fourth-order valence-electron chi connectivity index (χ4n) is 1.63. The van der Waals surface area contributed by atoms with Gasteiger partial charge in [0.2, 0.25) is 0 Å². The van der Waals surface area contributed by atoms with Crippen molar-refractivity contribution in [2.75, 3.05) is 31.7 Å². The summed E-state index contributed by atoms with van der Waals surface area (Å²) in [4.78, 5) is 1.79. The molecule has 0 N–H and O–H groups in total. The van der Waals surface area contributed by atoms with Crippen LogP contribution < -0.4 is 4.90 Å². The van der Waals surface area contributed by atoms with Crippen molar-refractivity contribution in [2.24, 2.45) is 0 Å². The average Bonchev–Trinajstić information content (AvgIpc) is 2.39. The fraction of sp³-hybridized carbons (Fsp3) is 0.385. The normalized spacial score (nSPS) is 9.56. The molecule has 0 aliphatic rings. The SMILES string of the molecule is COCCN(CCC#N)c1cccc(F)c1C#N. The lowest BCUT2D eigenvalue weighted by Crippen LogP contribution is -2.29. The minimum Gasteiger partial charge on any atom is -0.383 e. The van der Waals surface area contributed by atoms with Crippen LogP contribution >= 0.6 is 0 Å². The second-order valence-electron chi connectivity index (χ2n) is 3.63. The second-order valence-corrected chi connectivity index (χ2v) is 3.63. The van der Waals surface area contributed by atoms with Crippen LogP contribution in [0.3, 0.4) is 0 Å². The Labute approximate surface area is 106 Å². The van der Waals surface area contributed by atoms with Crippen molar-refractivity contribution in [3.63, 3.8) is 0 Å². The first kappa shape index (κ1) is 14.0. The Balaban J connectivity index is 3.01. The van der Waals surface area contributed by atoms with Gasteiger partial charge in [-0.1, -0.05) is 6.07 Å². The van der Waals surface area contributed by atoms with E-state index in [1.54, 1.807) is 24.1 Å². The Bertz CT molecular complexity index is 476. The minimum absolute atomic E-state index is 0.00606. The molecule has 94 valence electrons. The van der Waals surface area contributed by atoms with Crippen molar-refractivity contribution in [3.05, 3.63) is 29.6 Å². The topological polar surface area (TPSA) is 60.0 Å². The van der Waals surface area contributed by atoms with Crippen molar-refractivity contribution in [1.82, 2.24) is 0 Å². The van der Waals surface area contributed by atoms with Crippen molar-refractivity contribution in [3.8, 4) is 12.1 Å². The van der Waals surface area contributed by atoms with Gasteiger partial charge in [-0.15, -0.1) is 0 Å². The van der Waals surface area contributed by atoms with Gasteiger partial charge in [-0.3, -0.25) is 0 Å². The van der Waals surface area contributed by atoms with E-state index in [1.807, 2.05) is 12.1 Å². The van der Waals surface area contributed by atoms with Crippen molar-refractivity contribution < 1.29 is 9.13 Å². The molecule has 0 heterocycles. The summed E-state index contributed by atoms with van der Waals surface area (Å²) < 4.78 is 18.5. The third-order valence-electron chi connectivity index (χ3n) is 2.50. The van der Waals surface area contributed by atoms with Crippen LogP contribution in [-0.4, -0.2) is 26.8 Å². The van der Waals surface area contributed by atoms with Gasteiger partial charge in [-0.25, -0.2) is 4.39 Å². The van der Waals surface area contributed by atoms with Crippen LogP contribution in [0.4, 0.5) is 10.1 Å². The summed E-state index contributed by atoms with van der Waals surface area (Å²) in [6.45, 7) is 1.40. The summed E-state index contributed by atoms with van der Waals surface area (Å²) in [5, 5.41) is 17.6. The van der Waals surface area contributed by atoms with E-state index in [0.717, 1.165) is 0 Å². The standard InChI is InChI=1S/C13H14FN3O/c1-18-9-8-17(7-3-6-15)13-5-2-4-12(14)11(13)10-16/h2,4-5H,3,7-9H2,1H3. The monoisotopic (exact) mass is 247 g/mol. The quantitative estimate of drug-likeness (QED) is 0.772. The summed E-state index contributed by atoms with van der Waals surface area (Å²) in [5.74, 6) is -0.547. The molecule has 0 radical (unpaired) electrons. The highest BCUT2D eigenvalue weighted by Crippen LogP contribution is 2.22. The molecule has 1 aromatic carbocycles. The highest BCUT2D eigenvalue weighted by atomic mass is 19.1. The van der Waals surface area contributed by atoms with Crippen molar-refractivity contribution >= 4 is 5.69 Å². The van der Waals surface area contributed by atoms with Gasteiger partial charge < -0.3 is 9.64 Å². The van der Waals surface area contributed by atoms with Crippen LogP contribution in [0.15, 0.2) is 18.2 Å². The van der Waals surface area contributed by atoms with Crippen molar-refractivity contribution in [2.45, 2.75) is 6.42 Å². The molecule has 0 unspecified atom stereocenters. The van der Waals surface area contributed by atoms with Gasteiger partial charge in [-0.2, -0.15) is 10.5 Å². The number of ether oxygens (including phenoxy) is 1. The predicted octanol–water partition coefficient (Wildman–Crippen LogP) is 2.06. The van der Waals surface area contributed by atoms with Crippen molar-refractivity contribution in [1.29, 1.82) is 10.5 Å². The number of methoxy groups -OCH3 is 1. The molecular formula is C13H14FN3O. The number of halogens is 1. The van der Waals surface area contributed by atoms with E-state index in [0.29, 0.717) is 31.8 Å². The lowest BCUT2D eigenvalue weighted by molar-refractivity contribution is 0.205. The highest BCUT2D eigenvalue weighted by molar-refractivity contribution is 5.59. The minimum atomic E-state index is -0.547. The lowest BCUT2D eigenvalue weighted by atomic mass is 10.1. The zero-order chi connectivity index (χ0) is 13.4. The summed E-state index contributed by atoms with van der Waals surface area (Å²) >= 11 is 0. The number of nitrogens with zero attached hydrogens (tertiary/aromatic N) is 3. The Morgan fingerprint density at radius 1 is 1.33 bits per heavy atom. The second kappa shape index (κ2) is 7.26. The fourth-order valence-corrected chi connectivity index (χ4v) is 1.63. The molecule has 1 aromatic rings. The third-order valence-corrected chi connectivity index (χ3v) is 2.50. The van der Waals surface area contributed by atoms with Gasteiger partial charge >= 0.3 is 0 Å². The van der Waals surface area contributed by atoms with Gasteiger partial charge in [0.15, 0.2) is 0 Å². The summed E-state index contributed by atoms with van der Waals surface area (Å²) in [5.41, 5.74) is 0.511. The molecule has 0 aliphatic heterocycles. The molecule has 0 fully saturated rings. The maximum absolute atomic E-state index is 13.5. The first-order valence-electron chi connectivity index (χ1n) is 5.54. The van der Waals surface area contributed by atoms with E-state index in [9.17, 15) is 4.39 Å². The van der Waals surface area contributed by atoms with Gasteiger partial charge in [0.05, 0.1) is 24.8 Å². The number of hydrogen-bond acceptors (Lipinski definition) is 4. The maximum atomic E-state index is 13.5. The molecule has 0 amide bonds. The van der Waals surface area contributed by atoms with Gasteiger partial charge in [0.1, 0.15) is 17.4 Å². The van der Waals surface area contributed by atoms with E-state index in [2.05, 4.69) is 0 Å². The number of anilines is 1. The van der Waals surface area contributed by atoms with Crippen LogP contribution in [-0.2, 0) is 4.74 Å². The van der Waals surface area contributed by atoms with Crippen LogP contribution in [0.25, 0.3) is 0 Å². The summed E-state index contributed by atoms with van der Waals surface area (Å²) in [7, 11) is 1.57. The predicted molar refractivity (Wildman–Crippen MR) is 65.4 cm³/mol. The zero-order valence-corrected chi connectivity index (χ0v) is 10.2. The van der Waals surface area contributed by atoms with Gasteiger partial charge in [-0.05, 0) is 12.1 Å². The highest BCUT2D eigenvalue weighted by Gasteiger charge is 2.14. The molecule has 0 saturated heterocycles. The molecule has 0 aliphatic carbocycles. The first-order valence-corrected chi connectivity index (χ1v) is 5.54. The largest absolute Gasteiger partial charge is 0.383 e. The van der Waals surface area contributed by atoms with E-state index < -0.39 is 5.82 Å². The van der Waals surface area contributed by atoms with Gasteiger partial charge in [0.25, 0.3) is 0 Å². The average molecular weight is 247 g/mol. The zero-order valence-electron chi connectivity index (χ0n) is 10.2. The molecule has 4 nitrogen and oxygen atoms in total. The Hall–Kier alpha value is -2.11. The number of nitriles is 2. The van der Waals surface area contributed by atoms with Crippen LogP contribution in [0.1, 0.15) is 12.0 Å². The Morgan fingerprint density at radius 3 is 2.72 bits per heavy atom. The van der Waals surface area contributed by atoms with E-state index in [-0.39, 0.29) is 5.56 Å².